The minimum Gasteiger partial charge on any atom is -0.467 e. The minimum atomic E-state index is -0.833. The largest absolute Gasteiger partial charge is 0.467 e. The first kappa shape index (κ1) is 21.0. The molecule has 1 aliphatic carbocycles. The van der Waals surface area contributed by atoms with Crippen LogP contribution in [-0.4, -0.2) is 46.6 Å². The van der Waals surface area contributed by atoms with Crippen LogP contribution in [0.15, 0.2) is 12.1 Å². The van der Waals surface area contributed by atoms with Crippen LogP contribution in [0.5, 0.6) is 5.75 Å². The third-order valence-electron chi connectivity index (χ3n) is 5.86. The third-order valence-corrected chi connectivity index (χ3v) is 5.86. The predicted molar refractivity (Wildman–Crippen MR) is 104 cm³/mol. The van der Waals surface area contributed by atoms with Crippen molar-refractivity contribution in [2.45, 2.75) is 57.3 Å². The van der Waals surface area contributed by atoms with Crippen LogP contribution in [0.1, 0.15) is 49.7 Å². The second-order valence-corrected chi connectivity index (χ2v) is 7.90. The molecule has 2 aliphatic heterocycles. The van der Waals surface area contributed by atoms with Crippen molar-refractivity contribution in [3.63, 3.8) is 0 Å². The van der Waals surface area contributed by atoms with E-state index in [-0.39, 0.29) is 44.6 Å². The Morgan fingerprint density at radius 1 is 1.26 bits per heavy atom. The maximum absolute atomic E-state index is 12.7. The number of fused-ring (bicyclic) bond motifs is 1. The van der Waals surface area contributed by atoms with E-state index in [2.05, 4.69) is 5.32 Å². The fraction of sp³-hybridized carbons (Fsp3) is 0.550. The number of nitro groups is 1. The van der Waals surface area contributed by atoms with Crippen LogP contribution in [0.3, 0.4) is 0 Å². The van der Waals surface area contributed by atoms with Gasteiger partial charge in [0, 0.05) is 29.8 Å². The molecule has 11 heteroatoms. The molecule has 166 valence electrons. The normalized spacial score (nSPS) is 19.5. The van der Waals surface area contributed by atoms with E-state index >= 15 is 0 Å². The molecule has 11 nitrogen and oxygen atoms in total. The van der Waals surface area contributed by atoms with Gasteiger partial charge in [0.2, 0.25) is 0 Å². The third kappa shape index (κ3) is 4.18. The predicted octanol–water partition coefficient (Wildman–Crippen LogP) is 2.15. The summed E-state index contributed by atoms with van der Waals surface area (Å²) in [6.07, 6.45) is 3.84. The van der Waals surface area contributed by atoms with E-state index in [9.17, 15) is 24.5 Å². The van der Waals surface area contributed by atoms with Gasteiger partial charge in [-0.3, -0.25) is 24.6 Å². The van der Waals surface area contributed by atoms with Gasteiger partial charge in [-0.2, -0.15) is 0 Å². The number of nitrogens with zero attached hydrogens (tertiary/aromatic N) is 2. The molecule has 1 saturated heterocycles. The van der Waals surface area contributed by atoms with Crippen molar-refractivity contribution in [3.8, 4) is 5.75 Å². The van der Waals surface area contributed by atoms with Gasteiger partial charge in [0.15, 0.2) is 6.79 Å². The van der Waals surface area contributed by atoms with Crippen LogP contribution < -0.4 is 10.1 Å². The second kappa shape index (κ2) is 8.50. The SMILES string of the molecule is O=C(CCN1C(=O)NC2(CCCCC2)C1=O)OCc1cc([N+](=O)[O-])cc2c1OCOC2. The van der Waals surface area contributed by atoms with E-state index in [0.29, 0.717) is 29.7 Å². The highest BCUT2D eigenvalue weighted by Crippen LogP contribution is 2.34. The van der Waals surface area contributed by atoms with E-state index < -0.39 is 22.5 Å². The minimum absolute atomic E-state index is 0.000307. The van der Waals surface area contributed by atoms with E-state index in [4.69, 9.17) is 14.2 Å². The molecule has 3 aliphatic rings. The zero-order valence-corrected chi connectivity index (χ0v) is 16.9. The lowest BCUT2D eigenvalue weighted by Gasteiger charge is -2.30. The molecule has 4 rings (SSSR count). The summed E-state index contributed by atoms with van der Waals surface area (Å²) in [6.45, 7) is -0.152. The van der Waals surface area contributed by atoms with E-state index in [0.717, 1.165) is 24.2 Å². The highest BCUT2D eigenvalue weighted by atomic mass is 16.7. The number of non-ortho nitro benzene ring substituents is 1. The molecule has 3 amide bonds. The number of carbonyl (C=O) groups excluding carboxylic acids is 3. The number of hydrogen-bond acceptors (Lipinski definition) is 8. The van der Waals surface area contributed by atoms with Crippen molar-refractivity contribution in [1.29, 1.82) is 0 Å². The van der Waals surface area contributed by atoms with Gasteiger partial charge in [-0.15, -0.1) is 0 Å². The Bertz CT molecular complexity index is 925. The average molecular weight is 433 g/mol. The Kier molecular flexibility index (Phi) is 5.77. The molecule has 1 aromatic rings. The molecule has 1 spiro atoms. The van der Waals surface area contributed by atoms with E-state index in [1.807, 2.05) is 0 Å². The van der Waals surface area contributed by atoms with Crippen molar-refractivity contribution in [2.75, 3.05) is 13.3 Å². The van der Waals surface area contributed by atoms with Crippen molar-refractivity contribution >= 4 is 23.6 Å². The van der Waals surface area contributed by atoms with Gasteiger partial charge in [0.05, 0.1) is 18.0 Å². The first-order valence-electron chi connectivity index (χ1n) is 10.2. The van der Waals surface area contributed by atoms with Gasteiger partial charge < -0.3 is 19.5 Å². The zero-order valence-electron chi connectivity index (χ0n) is 16.9. The first-order valence-corrected chi connectivity index (χ1v) is 10.2. The monoisotopic (exact) mass is 433 g/mol. The van der Waals surface area contributed by atoms with Crippen LogP contribution in [0.2, 0.25) is 0 Å². The van der Waals surface area contributed by atoms with Crippen LogP contribution in [-0.2, 0) is 32.3 Å². The first-order chi connectivity index (χ1) is 14.9. The summed E-state index contributed by atoms with van der Waals surface area (Å²) in [5, 5.41) is 14.0. The molecule has 1 saturated carbocycles. The molecule has 0 radical (unpaired) electrons. The number of hydrogen-bond donors (Lipinski definition) is 1. The zero-order chi connectivity index (χ0) is 22.0. The fourth-order valence-electron chi connectivity index (χ4n) is 4.30. The molecule has 1 aromatic carbocycles. The molecule has 0 unspecified atom stereocenters. The number of ether oxygens (including phenoxy) is 3. The van der Waals surface area contributed by atoms with Gasteiger partial charge in [-0.1, -0.05) is 19.3 Å². The number of esters is 1. The summed E-state index contributed by atoms with van der Waals surface area (Å²) in [7, 11) is 0. The molecular weight excluding hydrogens is 410 g/mol. The molecule has 0 aromatic heterocycles. The summed E-state index contributed by atoms with van der Waals surface area (Å²) >= 11 is 0. The van der Waals surface area contributed by atoms with Crippen LogP contribution in [0.4, 0.5) is 10.5 Å². The van der Waals surface area contributed by atoms with E-state index in [1.165, 1.54) is 12.1 Å². The Balaban J connectivity index is 1.36. The van der Waals surface area contributed by atoms with Crippen LogP contribution >= 0.6 is 0 Å². The smallest absolute Gasteiger partial charge is 0.325 e. The maximum atomic E-state index is 12.7. The molecular formula is C20H23N3O8. The lowest BCUT2D eigenvalue weighted by Crippen LogP contribution is -2.48. The second-order valence-electron chi connectivity index (χ2n) is 7.90. The average Bonchev–Trinajstić information content (AvgIpc) is 2.99. The number of benzene rings is 1. The number of nitro benzene ring substituents is 1. The topological polar surface area (TPSA) is 137 Å². The maximum Gasteiger partial charge on any atom is 0.325 e. The fourth-order valence-corrected chi connectivity index (χ4v) is 4.30. The summed E-state index contributed by atoms with van der Waals surface area (Å²) in [6, 6.07) is 2.17. The Morgan fingerprint density at radius 3 is 2.77 bits per heavy atom. The Hall–Kier alpha value is -3.21. The molecule has 2 fully saturated rings. The molecule has 31 heavy (non-hydrogen) atoms. The van der Waals surface area contributed by atoms with Crippen LogP contribution in [0, 0.1) is 10.1 Å². The Labute approximate surface area is 177 Å². The van der Waals surface area contributed by atoms with Crippen LogP contribution in [0.25, 0.3) is 0 Å². The molecule has 0 bridgehead atoms. The summed E-state index contributed by atoms with van der Waals surface area (Å²) in [4.78, 5) is 48.9. The summed E-state index contributed by atoms with van der Waals surface area (Å²) < 4.78 is 15.8. The van der Waals surface area contributed by atoms with Gasteiger partial charge in [0.25, 0.3) is 11.6 Å². The van der Waals surface area contributed by atoms with Gasteiger partial charge in [-0.05, 0) is 12.8 Å². The Morgan fingerprint density at radius 2 is 2.03 bits per heavy atom. The van der Waals surface area contributed by atoms with Gasteiger partial charge in [0.1, 0.15) is 17.9 Å². The number of imide groups is 1. The quantitative estimate of drug-likeness (QED) is 0.312. The standard InChI is InChI=1S/C20H23N3O8/c24-16(4-7-22-18(25)20(21-19(22)26)5-2-1-3-6-20)30-11-14-9-15(23(27)28)8-13-10-29-12-31-17(13)14/h8-9H,1-7,10-12H2,(H,21,26). The number of amides is 3. The van der Waals surface area contributed by atoms with Crippen molar-refractivity contribution in [1.82, 2.24) is 10.2 Å². The number of rotatable bonds is 6. The lowest BCUT2D eigenvalue weighted by atomic mass is 9.82. The summed E-state index contributed by atoms with van der Waals surface area (Å²) in [5.74, 6) is -0.512. The highest BCUT2D eigenvalue weighted by Gasteiger charge is 2.51. The van der Waals surface area contributed by atoms with Crippen molar-refractivity contribution in [2.24, 2.45) is 0 Å². The van der Waals surface area contributed by atoms with E-state index in [1.54, 1.807) is 0 Å². The summed E-state index contributed by atoms with van der Waals surface area (Å²) in [5.41, 5.74) is -0.127. The lowest BCUT2D eigenvalue weighted by molar-refractivity contribution is -0.385. The number of urea groups is 1. The molecule has 1 N–H and O–H groups in total. The molecule has 0 atom stereocenters. The molecule has 2 heterocycles. The van der Waals surface area contributed by atoms with Gasteiger partial charge >= 0.3 is 12.0 Å². The van der Waals surface area contributed by atoms with Crippen molar-refractivity contribution < 1.29 is 33.5 Å². The number of nitrogens with one attached hydrogen (secondary N) is 1. The van der Waals surface area contributed by atoms with Crippen molar-refractivity contribution in [3.05, 3.63) is 33.4 Å². The number of carbonyl (C=O) groups is 3. The van der Waals surface area contributed by atoms with Gasteiger partial charge in [-0.25, -0.2) is 4.79 Å². The highest BCUT2D eigenvalue weighted by molar-refractivity contribution is 6.07.